The maximum Gasteiger partial charge on any atom is 0.119 e. The van der Waals surface area contributed by atoms with E-state index in [-0.39, 0.29) is 0 Å². The lowest BCUT2D eigenvalue weighted by Gasteiger charge is -2.17. The molecule has 0 N–H and O–H groups in total. The Labute approximate surface area is 89.9 Å². The summed E-state index contributed by atoms with van der Waals surface area (Å²) in [5.74, 6) is 0.913. The van der Waals surface area contributed by atoms with Crippen LogP contribution in [0.2, 0.25) is 0 Å². The third-order valence-corrected chi connectivity index (χ3v) is 2.77. The molecule has 3 nitrogen and oxygen atoms in total. The van der Waals surface area contributed by atoms with Gasteiger partial charge in [-0.3, -0.25) is 0 Å². The first kappa shape index (κ1) is 9.85. The minimum atomic E-state index is 0.589. The van der Waals surface area contributed by atoms with E-state index in [2.05, 4.69) is 23.1 Å². The van der Waals surface area contributed by atoms with Gasteiger partial charge in [0, 0.05) is 18.8 Å². The van der Waals surface area contributed by atoms with Crippen molar-refractivity contribution < 1.29 is 4.74 Å². The summed E-state index contributed by atoms with van der Waals surface area (Å²) in [6.45, 7) is 1.85. The molecule has 1 aromatic carbocycles. The highest BCUT2D eigenvalue weighted by atomic mass is 16.5. The van der Waals surface area contributed by atoms with Gasteiger partial charge < -0.3 is 9.64 Å². The molecule has 0 fully saturated rings. The van der Waals surface area contributed by atoms with Crippen molar-refractivity contribution in [2.45, 2.75) is 12.8 Å². The number of anilines is 1. The topological polar surface area (TPSA) is 36.3 Å². The van der Waals surface area contributed by atoms with Crippen LogP contribution in [0.4, 0.5) is 5.69 Å². The van der Waals surface area contributed by atoms with Crippen LogP contribution in [0.1, 0.15) is 12.0 Å². The normalized spacial score (nSPS) is 13.5. The summed E-state index contributed by atoms with van der Waals surface area (Å²) in [5.41, 5.74) is 2.58. The Balaban J connectivity index is 2.17. The highest BCUT2D eigenvalue weighted by molar-refractivity contribution is 5.60. The van der Waals surface area contributed by atoms with Crippen LogP contribution in [0.5, 0.6) is 5.75 Å². The lowest BCUT2D eigenvalue weighted by atomic mass is 10.1. The molecule has 0 bridgehead atoms. The summed E-state index contributed by atoms with van der Waals surface area (Å²) >= 11 is 0. The average molecular weight is 202 g/mol. The molecule has 15 heavy (non-hydrogen) atoms. The van der Waals surface area contributed by atoms with Crippen LogP contribution in [0.15, 0.2) is 18.2 Å². The number of methoxy groups -OCH3 is 1. The molecule has 0 radical (unpaired) electrons. The summed E-state index contributed by atoms with van der Waals surface area (Å²) in [7, 11) is 1.68. The second-order valence-electron chi connectivity index (χ2n) is 3.64. The van der Waals surface area contributed by atoms with Crippen LogP contribution in [0, 0.1) is 11.3 Å². The predicted octanol–water partition coefficient (Wildman–Crippen LogP) is 1.97. The molecule has 0 atom stereocenters. The fourth-order valence-corrected chi connectivity index (χ4v) is 1.99. The predicted molar refractivity (Wildman–Crippen MR) is 59.1 cm³/mol. The molecule has 0 saturated carbocycles. The van der Waals surface area contributed by atoms with Gasteiger partial charge in [0.25, 0.3) is 0 Å². The zero-order chi connectivity index (χ0) is 10.7. The van der Waals surface area contributed by atoms with E-state index in [0.29, 0.717) is 6.42 Å². The van der Waals surface area contributed by atoms with Gasteiger partial charge in [-0.15, -0.1) is 0 Å². The largest absolute Gasteiger partial charge is 0.497 e. The van der Waals surface area contributed by atoms with Crippen LogP contribution in [-0.4, -0.2) is 20.2 Å². The van der Waals surface area contributed by atoms with E-state index in [1.165, 1.54) is 11.3 Å². The Bertz CT molecular complexity index is 395. The van der Waals surface area contributed by atoms with Gasteiger partial charge >= 0.3 is 0 Å². The van der Waals surface area contributed by atoms with Crippen LogP contribution in [0.25, 0.3) is 0 Å². The Kier molecular flexibility index (Phi) is 2.77. The molecule has 3 heteroatoms. The van der Waals surface area contributed by atoms with Gasteiger partial charge in [0.1, 0.15) is 5.75 Å². The van der Waals surface area contributed by atoms with Gasteiger partial charge in [-0.1, -0.05) is 0 Å². The van der Waals surface area contributed by atoms with Gasteiger partial charge in [0.05, 0.1) is 19.6 Å². The number of ether oxygens (including phenoxy) is 1. The Morgan fingerprint density at radius 2 is 2.40 bits per heavy atom. The van der Waals surface area contributed by atoms with Crippen molar-refractivity contribution >= 4 is 5.69 Å². The van der Waals surface area contributed by atoms with E-state index in [1.807, 2.05) is 6.07 Å². The molecule has 0 unspecified atom stereocenters. The van der Waals surface area contributed by atoms with Crippen molar-refractivity contribution in [1.29, 1.82) is 5.26 Å². The van der Waals surface area contributed by atoms with Crippen molar-refractivity contribution in [3.63, 3.8) is 0 Å². The van der Waals surface area contributed by atoms with Crippen molar-refractivity contribution in [2.75, 3.05) is 25.1 Å². The number of hydrogen-bond donors (Lipinski definition) is 0. The molecule has 0 spiro atoms. The zero-order valence-corrected chi connectivity index (χ0v) is 8.86. The highest BCUT2D eigenvalue weighted by Gasteiger charge is 2.18. The monoisotopic (exact) mass is 202 g/mol. The molecule has 1 heterocycles. The third-order valence-electron chi connectivity index (χ3n) is 2.77. The molecule has 1 aromatic rings. The summed E-state index contributed by atoms with van der Waals surface area (Å²) < 4.78 is 5.18. The second kappa shape index (κ2) is 4.22. The van der Waals surface area contributed by atoms with Crippen molar-refractivity contribution in [1.82, 2.24) is 0 Å². The van der Waals surface area contributed by atoms with Crippen LogP contribution >= 0.6 is 0 Å². The minimum Gasteiger partial charge on any atom is -0.497 e. The van der Waals surface area contributed by atoms with Gasteiger partial charge in [-0.2, -0.15) is 5.26 Å². The number of rotatable bonds is 3. The number of nitriles is 1. The Morgan fingerprint density at radius 3 is 3.13 bits per heavy atom. The molecule has 0 aromatic heterocycles. The first-order chi connectivity index (χ1) is 7.35. The maximum absolute atomic E-state index is 8.56. The van der Waals surface area contributed by atoms with E-state index in [0.717, 1.165) is 25.3 Å². The summed E-state index contributed by atoms with van der Waals surface area (Å²) in [4.78, 5) is 2.26. The fraction of sp³-hybridized carbons (Fsp3) is 0.417. The van der Waals surface area contributed by atoms with Gasteiger partial charge in [0.2, 0.25) is 0 Å². The van der Waals surface area contributed by atoms with E-state index < -0.39 is 0 Å². The summed E-state index contributed by atoms with van der Waals surface area (Å²) in [5, 5.41) is 8.56. The lowest BCUT2D eigenvalue weighted by Crippen LogP contribution is -2.21. The molecule has 0 aliphatic carbocycles. The summed E-state index contributed by atoms with van der Waals surface area (Å²) in [6.07, 6.45) is 1.64. The van der Waals surface area contributed by atoms with E-state index >= 15 is 0 Å². The average Bonchev–Trinajstić information content (AvgIpc) is 2.68. The Morgan fingerprint density at radius 1 is 1.53 bits per heavy atom. The van der Waals surface area contributed by atoms with Crippen molar-refractivity contribution in [3.05, 3.63) is 23.8 Å². The second-order valence-corrected chi connectivity index (χ2v) is 3.64. The SMILES string of the molecule is COc1ccc2c(c1)CCN2CCC#N. The van der Waals surface area contributed by atoms with E-state index in [4.69, 9.17) is 10.00 Å². The maximum atomic E-state index is 8.56. The van der Waals surface area contributed by atoms with Gasteiger partial charge in [-0.05, 0) is 30.2 Å². The van der Waals surface area contributed by atoms with E-state index in [9.17, 15) is 0 Å². The number of benzene rings is 1. The molecular weight excluding hydrogens is 188 g/mol. The molecule has 0 amide bonds. The fourth-order valence-electron chi connectivity index (χ4n) is 1.99. The lowest BCUT2D eigenvalue weighted by molar-refractivity contribution is 0.414. The molecule has 0 saturated heterocycles. The molecule has 1 aliphatic heterocycles. The molecular formula is C12H14N2O. The minimum absolute atomic E-state index is 0.589. The van der Waals surface area contributed by atoms with E-state index in [1.54, 1.807) is 7.11 Å². The summed E-state index contributed by atoms with van der Waals surface area (Å²) in [6, 6.07) is 8.32. The number of hydrogen-bond acceptors (Lipinski definition) is 3. The first-order valence-corrected chi connectivity index (χ1v) is 5.14. The molecule has 2 rings (SSSR count). The van der Waals surface area contributed by atoms with Crippen LogP contribution < -0.4 is 9.64 Å². The third kappa shape index (κ3) is 1.89. The zero-order valence-electron chi connectivity index (χ0n) is 8.86. The number of nitrogens with zero attached hydrogens (tertiary/aromatic N) is 2. The molecule has 1 aliphatic rings. The molecule has 78 valence electrons. The van der Waals surface area contributed by atoms with Crippen LogP contribution in [0.3, 0.4) is 0 Å². The van der Waals surface area contributed by atoms with Crippen molar-refractivity contribution in [2.24, 2.45) is 0 Å². The number of fused-ring (bicyclic) bond motifs is 1. The Hall–Kier alpha value is -1.69. The highest BCUT2D eigenvalue weighted by Crippen LogP contribution is 2.30. The quantitative estimate of drug-likeness (QED) is 0.751. The standard InChI is InChI=1S/C12H14N2O/c1-15-11-3-4-12-10(9-11)5-8-14(12)7-2-6-13/h3-4,9H,2,5,7-8H2,1H3. The van der Waals surface area contributed by atoms with Crippen LogP contribution in [-0.2, 0) is 6.42 Å². The van der Waals surface area contributed by atoms with Gasteiger partial charge in [0.15, 0.2) is 0 Å². The smallest absolute Gasteiger partial charge is 0.119 e. The van der Waals surface area contributed by atoms with Crippen molar-refractivity contribution in [3.8, 4) is 11.8 Å². The first-order valence-electron chi connectivity index (χ1n) is 5.14. The van der Waals surface area contributed by atoms with Gasteiger partial charge in [-0.25, -0.2) is 0 Å².